The van der Waals surface area contributed by atoms with Crippen molar-refractivity contribution >= 4 is 5.97 Å². The molecule has 0 saturated carbocycles. The lowest BCUT2D eigenvalue weighted by Crippen LogP contribution is -2.61. The van der Waals surface area contributed by atoms with Crippen LogP contribution in [0, 0.1) is 0 Å². The zero-order chi connectivity index (χ0) is 20.3. The van der Waals surface area contributed by atoms with Crippen LogP contribution in [0.3, 0.4) is 0 Å². The second-order valence-electron chi connectivity index (χ2n) is 6.22. The van der Waals surface area contributed by atoms with Gasteiger partial charge in [0.05, 0.1) is 11.7 Å². The van der Waals surface area contributed by atoms with E-state index in [1.54, 1.807) is 13.8 Å². The Bertz CT molecular complexity index is 638. The van der Waals surface area contributed by atoms with Crippen molar-refractivity contribution in [2.45, 2.75) is 50.8 Å². The predicted octanol–water partition coefficient (Wildman–Crippen LogP) is 0.458. The van der Waals surface area contributed by atoms with E-state index in [2.05, 4.69) is 0 Å². The van der Waals surface area contributed by atoms with E-state index in [0.717, 1.165) is 12.1 Å². The van der Waals surface area contributed by atoms with Crippen LogP contribution in [0.15, 0.2) is 12.1 Å². The lowest BCUT2D eigenvalue weighted by Gasteiger charge is -2.42. The monoisotopic (exact) mass is 388 g/mol. The van der Waals surface area contributed by atoms with Gasteiger partial charge in [-0.25, -0.2) is 4.79 Å². The van der Waals surface area contributed by atoms with Crippen LogP contribution in [-0.2, 0) is 23.7 Å². The molecule has 2 rings (SSSR count). The van der Waals surface area contributed by atoms with E-state index >= 15 is 0 Å². The average Bonchev–Trinajstić information content (AvgIpc) is 2.61. The summed E-state index contributed by atoms with van der Waals surface area (Å²) in [5, 5.41) is 39.1. The molecule has 10 heteroatoms. The summed E-state index contributed by atoms with van der Waals surface area (Å²) in [5.74, 6) is -3.16. The molecule has 10 nitrogen and oxygen atoms in total. The zero-order valence-electron chi connectivity index (χ0n) is 15.4. The summed E-state index contributed by atoms with van der Waals surface area (Å²) in [6.45, 7) is 3.46. The molecule has 5 unspecified atom stereocenters. The van der Waals surface area contributed by atoms with E-state index in [9.17, 15) is 25.2 Å². The maximum absolute atomic E-state index is 12.4. The number of ether oxygens (including phenoxy) is 5. The number of aromatic hydroxyl groups is 3. The minimum absolute atomic E-state index is 0.249. The van der Waals surface area contributed by atoms with Gasteiger partial charge in [0, 0.05) is 14.2 Å². The molecule has 0 aliphatic carbocycles. The largest absolute Gasteiger partial charge is 0.504 e. The zero-order valence-corrected chi connectivity index (χ0v) is 15.4. The fourth-order valence-corrected chi connectivity index (χ4v) is 2.65. The summed E-state index contributed by atoms with van der Waals surface area (Å²) < 4.78 is 26.8. The average molecular weight is 388 g/mol. The number of carbonyl (C=O) groups is 1. The highest BCUT2D eigenvalue weighted by Crippen LogP contribution is 2.36. The molecule has 1 saturated heterocycles. The van der Waals surface area contributed by atoms with Gasteiger partial charge in [-0.1, -0.05) is 0 Å². The number of phenolic OH excluding ortho intramolecular Hbond substituents is 3. The molecule has 1 aliphatic heterocycles. The Kier molecular flexibility index (Phi) is 6.84. The Morgan fingerprint density at radius 3 is 2.11 bits per heavy atom. The van der Waals surface area contributed by atoms with Gasteiger partial charge in [-0.3, -0.25) is 0 Å². The van der Waals surface area contributed by atoms with Crippen LogP contribution in [-0.4, -0.2) is 77.6 Å². The van der Waals surface area contributed by atoms with Crippen LogP contribution in [0.25, 0.3) is 0 Å². The van der Waals surface area contributed by atoms with Gasteiger partial charge in [-0.05, 0) is 26.0 Å². The van der Waals surface area contributed by atoms with Crippen LogP contribution in [0.5, 0.6) is 17.2 Å². The standard InChI is InChI=1S/C17H24O10/c1-7(2)25-17-14(12(21)13(23-3)16(24-4)27-17)26-15(22)8-5-9(18)11(20)10(19)6-8/h5-7,12-14,16-21H,1-4H3. The molecule has 0 aromatic heterocycles. The van der Waals surface area contributed by atoms with Crippen molar-refractivity contribution in [2.24, 2.45) is 0 Å². The minimum Gasteiger partial charge on any atom is -0.504 e. The molecule has 1 aromatic rings. The summed E-state index contributed by atoms with van der Waals surface area (Å²) in [6.07, 6.45) is -6.01. The van der Waals surface area contributed by atoms with E-state index in [0.29, 0.717) is 0 Å². The van der Waals surface area contributed by atoms with E-state index < -0.39 is 54.1 Å². The summed E-state index contributed by atoms with van der Waals surface area (Å²) in [4.78, 5) is 12.4. The highest BCUT2D eigenvalue weighted by atomic mass is 16.8. The summed E-state index contributed by atoms with van der Waals surface area (Å²) >= 11 is 0. The van der Waals surface area contributed by atoms with Crippen LogP contribution < -0.4 is 0 Å². The normalized spacial score (nSPS) is 28.3. The fourth-order valence-electron chi connectivity index (χ4n) is 2.65. The smallest absolute Gasteiger partial charge is 0.338 e. The molecule has 4 N–H and O–H groups in total. The van der Waals surface area contributed by atoms with Crippen molar-refractivity contribution in [1.82, 2.24) is 0 Å². The number of benzene rings is 1. The molecular weight excluding hydrogens is 364 g/mol. The number of carbonyl (C=O) groups excluding carboxylic acids is 1. The van der Waals surface area contributed by atoms with Gasteiger partial charge in [-0.15, -0.1) is 0 Å². The number of aliphatic hydroxyl groups is 1. The van der Waals surface area contributed by atoms with Crippen molar-refractivity contribution in [1.29, 1.82) is 0 Å². The molecule has 0 bridgehead atoms. The van der Waals surface area contributed by atoms with Gasteiger partial charge in [0.25, 0.3) is 0 Å². The second kappa shape index (κ2) is 8.72. The van der Waals surface area contributed by atoms with E-state index in [-0.39, 0.29) is 11.7 Å². The van der Waals surface area contributed by atoms with Crippen molar-refractivity contribution in [3.05, 3.63) is 17.7 Å². The number of methoxy groups -OCH3 is 2. The molecule has 5 atom stereocenters. The minimum atomic E-state index is -1.35. The van der Waals surface area contributed by atoms with Crippen LogP contribution in [0.4, 0.5) is 0 Å². The third-order valence-corrected chi connectivity index (χ3v) is 3.94. The summed E-state index contributed by atoms with van der Waals surface area (Å²) in [6, 6.07) is 1.83. The van der Waals surface area contributed by atoms with E-state index in [1.165, 1.54) is 14.2 Å². The summed E-state index contributed by atoms with van der Waals surface area (Å²) in [7, 11) is 2.70. The van der Waals surface area contributed by atoms with Crippen LogP contribution >= 0.6 is 0 Å². The van der Waals surface area contributed by atoms with Crippen molar-refractivity contribution in [3.8, 4) is 17.2 Å². The van der Waals surface area contributed by atoms with Gasteiger partial charge in [0.1, 0.15) is 12.2 Å². The third-order valence-electron chi connectivity index (χ3n) is 3.94. The SMILES string of the molecule is COC1OC(OC(C)C)C(OC(=O)c2cc(O)c(O)c(O)c2)C(O)C1OC. The maximum Gasteiger partial charge on any atom is 0.338 e. The quantitative estimate of drug-likeness (QED) is 0.401. The number of hydrogen-bond acceptors (Lipinski definition) is 10. The van der Waals surface area contributed by atoms with Gasteiger partial charge < -0.3 is 44.1 Å². The molecular formula is C17H24O10. The molecule has 0 spiro atoms. The number of rotatable bonds is 6. The number of phenols is 3. The molecule has 1 aliphatic rings. The molecule has 27 heavy (non-hydrogen) atoms. The highest BCUT2D eigenvalue weighted by molar-refractivity contribution is 5.91. The lowest BCUT2D eigenvalue weighted by atomic mass is 10.0. The van der Waals surface area contributed by atoms with Crippen molar-refractivity contribution in [2.75, 3.05) is 14.2 Å². The first-order valence-electron chi connectivity index (χ1n) is 8.20. The van der Waals surface area contributed by atoms with Crippen LogP contribution in [0.1, 0.15) is 24.2 Å². The first-order valence-corrected chi connectivity index (χ1v) is 8.20. The predicted molar refractivity (Wildman–Crippen MR) is 89.3 cm³/mol. The summed E-state index contributed by atoms with van der Waals surface area (Å²) in [5.41, 5.74) is -0.249. The molecule has 1 fully saturated rings. The Morgan fingerprint density at radius 2 is 1.63 bits per heavy atom. The van der Waals surface area contributed by atoms with Crippen molar-refractivity contribution < 1.29 is 48.9 Å². The number of esters is 1. The lowest BCUT2D eigenvalue weighted by molar-refractivity contribution is -0.352. The van der Waals surface area contributed by atoms with Crippen molar-refractivity contribution in [3.63, 3.8) is 0 Å². The van der Waals surface area contributed by atoms with Gasteiger partial charge in [0.15, 0.2) is 29.6 Å². The molecule has 0 amide bonds. The molecule has 1 heterocycles. The highest BCUT2D eigenvalue weighted by Gasteiger charge is 2.49. The van der Waals surface area contributed by atoms with Gasteiger partial charge in [-0.2, -0.15) is 0 Å². The Balaban J connectivity index is 2.27. The Morgan fingerprint density at radius 1 is 1.04 bits per heavy atom. The fraction of sp³-hybridized carbons (Fsp3) is 0.588. The molecule has 1 aromatic carbocycles. The van der Waals surface area contributed by atoms with Gasteiger partial charge >= 0.3 is 5.97 Å². The molecule has 0 radical (unpaired) electrons. The Labute approximate surface area is 155 Å². The number of hydrogen-bond donors (Lipinski definition) is 4. The Hall–Kier alpha value is -2.11. The second-order valence-corrected chi connectivity index (χ2v) is 6.22. The first kappa shape index (κ1) is 21.2. The topological polar surface area (TPSA) is 144 Å². The van der Waals surface area contributed by atoms with Gasteiger partial charge in [0.2, 0.25) is 6.29 Å². The maximum atomic E-state index is 12.4. The van der Waals surface area contributed by atoms with Crippen LogP contribution in [0.2, 0.25) is 0 Å². The first-order chi connectivity index (χ1) is 12.7. The van der Waals surface area contributed by atoms with E-state index in [4.69, 9.17) is 23.7 Å². The molecule has 152 valence electrons. The number of aliphatic hydroxyl groups excluding tert-OH is 1. The van der Waals surface area contributed by atoms with E-state index in [1.807, 2.05) is 0 Å². The third kappa shape index (κ3) is 4.60.